The van der Waals surface area contributed by atoms with E-state index >= 15 is 0 Å². The molecule has 1 fully saturated rings. The Bertz CT molecular complexity index is 918. The van der Waals surface area contributed by atoms with Gasteiger partial charge >= 0.3 is 0 Å². The molecule has 2 aromatic carbocycles. The topological polar surface area (TPSA) is 70.7 Å². The summed E-state index contributed by atoms with van der Waals surface area (Å²) in [6.07, 6.45) is 1.40. The molecule has 0 spiro atoms. The third-order valence-electron chi connectivity index (χ3n) is 5.33. The Morgan fingerprint density at radius 2 is 1.87 bits per heavy atom. The predicted molar refractivity (Wildman–Crippen MR) is 114 cm³/mol. The first-order chi connectivity index (χ1) is 14.9. The predicted octanol–water partition coefficient (Wildman–Crippen LogP) is 3.33. The molecule has 0 saturated carbocycles. The van der Waals surface area contributed by atoms with E-state index in [9.17, 15) is 18.4 Å². The van der Waals surface area contributed by atoms with Gasteiger partial charge in [0.15, 0.2) is 0 Å². The van der Waals surface area contributed by atoms with Gasteiger partial charge in [0, 0.05) is 31.6 Å². The first-order valence-corrected chi connectivity index (χ1v) is 10.3. The Morgan fingerprint density at radius 1 is 1.16 bits per heavy atom. The fourth-order valence-electron chi connectivity index (χ4n) is 3.99. The molecule has 2 aromatic rings. The van der Waals surface area contributed by atoms with Gasteiger partial charge in [-0.25, -0.2) is 8.78 Å². The molecule has 1 saturated heterocycles. The van der Waals surface area contributed by atoms with Crippen LogP contribution in [0, 0.1) is 11.6 Å². The van der Waals surface area contributed by atoms with Crippen molar-refractivity contribution in [1.82, 2.24) is 10.6 Å². The Labute approximate surface area is 180 Å². The zero-order valence-electron chi connectivity index (χ0n) is 17.7. The number of hydrogen-bond acceptors (Lipinski definition) is 4. The lowest BCUT2D eigenvalue weighted by molar-refractivity contribution is -0.123. The van der Waals surface area contributed by atoms with Crippen LogP contribution >= 0.6 is 0 Å². The third kappa shape index (κ3) is 5.71. The van der Waals surface area contributed by atoms with Crippen molar-refractivity contribution in [2.75, 3.05) is 25.1 Å². The average Bonchev–Trinajstić information content (AvgIpc) is 2.73. The largest absolute Gasteiger partial charge is 0.495 e. The number of rotatable bonds is 7. The normalized spacial score (nSPS) is 17.0. The highest BCUT2D eigenvalue weighted by Gasteiger charge is 2.27. The second-order valence-corrected chi connectivity index (χ2v) is 7.62. The SMILES string of the molecule is COc1ccccc1N1CCCC(NC(=O)CC(NC(C)=O)c2c(F)cccc2F)C1. The second kappa shape index (κ2) is 10.2. The number of para-hydroxylation sites is 2. The van der Waals surface area contributed by atoms with E-state index in [-0.39, 0.29) is 23.9 Å². The monoisotopic (exact) mass is 431 g/mol. The molecular formula is C23H27F2N3O3. The molecule has 166 valence electrons. The maximum atomic E-state index is 14.2. The number of benzene rings is 2. The van der Waals surface area contributed by atoms with Crippen LogP contribution in [0.2, 0.25) is 0 Å². The summed E-state index contributed by atoms with van der Waals surface area (Å²) in [6, 6.07) is 9.93. The highest BCUT2D eigenvalue weighted by molar-refractivity contribution is 5.79. The molecule has 1 aliphatic heterocycles. The molecule has 0 radical (unpaired) electrons. The molecule has 6 nitrogen and oxygen atoms in total. The Morgan fingerprint density at radius 3 is 2.55 bits per heavy atom. The van der Waals surface area contributed by atoms with Gasteiger partial charge in [-0.15, -0.1) is 0 Å². The van der Waals surface area contributed by atoms with Crippen LogP contribution in [-0.4, -0.2) is 38.1 Å². The number of carbonyl (C=O) groups excluding carboxylic acids is 2. The van der Waals surface area contributed by atoms with E-state index in [4.69, 9.17) is 4.74 Å². The van der Waals surface area contributed by atoms with E-state index in [0.717, 1.165) is 43.0 Å². The molecular weight excluding hydrogens is 404 g/mol. The van der Waals surface area contributed by atoms with Crippen LogP contribution in [-0.2, 0) is 9.59 Å². The van der Waals surface area contributed by atoms with Crippen LogP contribution in [0.3, 0.4) is 0 Å². The van der Waals surface area contributed by atoms with Crippen LogP contribution in [0.1, 0.15) is 37.8 Å². The Hall–Kier alpha value is -3.16. The quantitative estimate of drug-likeness (QED) is 0.706. The molecule has 8 heteroatoms. The van der Waals surface area contributed by atoms with Gasteiger partial charge in [0.25, 0.3) is 0 Å². The maximum absolute atomic E-state index is 14.2. The lowest BCUT2D eigenvalue weighted by atomic mass is 10.0. The molecule has 0 bridgehead atoms. The molecule has 2 N–H and O–H groups in total. The minimum Gasteiger partial charge on any atom is -0.495 e. The molecule has 0 aromatic heterocycles. The van der Waals surface area contributed by atoms with Gasteiger partial charge in [-0.2, -0.15) is 0 Å². The number of hydrogen-bond donors (Lipinski definition) is 2. The number of nitrogens with zero attached hydrogens (tertiary/aromatic N) is 1. The molecule has 31 heavy (non-hydrogen) atoms. The number of anilines is 1. The molecule has 1 heterocycles. The summed E-state index contributed by atoms with van der Waals surface area (Å²) >= 11 is 0. The first kappa shape index (κ1) is 22.5. The minimum absolute atomic E-state index is 0.130. The van der Waals surface area contributed by atoms with Gasteiger partial charge in [-0.1, -0.05) is 18.2 Å². The van der Waals surface area contributed by atoms with E-state index in [2.05, 4.69) is 15.5 Å². The van der Waals surface area contributed by atoms with Crippen LogP contribution in [0.5, 0.6) is 5.75 Å². The summed E-state index contributed by atoms with van der Waals surface area (Å²) in [5.41, 5.74) is 0.639. The summed E-state index contributed by atoms with van der Waals surface area (Å²) in [5, 5.41) is 5.44. The highest BCUT2D eigenvalue weighted by Crippen LogP contribution is 2.30. The van der Waals surface area contributed by atoms with E-state index in [1.807, 2.05) is 24.3 Å². The van der Waals surface area contributed by atoms with E-state index in [1.54, 1.807) is 7.11 Å². The summed E-state index contributed by atoms with van der Waals surface area (Å²) in [6.45, 7) is 2.67. The van der Waals surface area contributed by atoms with Crippen molar-refractivity contribution in [3.63, 3.8) is 0 Å². The van der Waals surface area contributed by atoms with E-state index < -0.39 is 23.6 Å². The smallest absolute Gasteiger partial charge is 0.222 e. The average molecular weight is 431 g/mol. The van der Waals surface area contributed by atoms with Crippen molar-refractivity contribution in [3.8, 4) is 5.75 Å². The number of ether oxygens (including phenoxy) is 1. The number of amides is 2. The second-order valence-electron chi connectivity index (χ2n) is 7.62. The standard InChI is InChI=1S/C23H27F2N3O3/c1-15(29)26-19(23-17(24)8-5-9-18(23)25)13-22(30)27-16-7-6-12-28(14-16)20-10-3-4-11-21(20)31-2/h3-5,8-11,16,19H,6-7,12-14H2,1-2H3,(H,26,29)(H,27,30). The maximum Gasteiger partial charge on any atom is 0.222 e. The summed E-state index contributed by atoms with van der Waals surface area (Å²) < 4.78 is 33.9. The lowest BCUT2D eigenvalue weighted by Gasteiger charge is -2.35. The van der Waals surface area contributed by atoms with Crippen LogP contribution in [0.4, 0.5) is 14.5 Å². The molecule has 2 unspecified atom stereocenters. The van der Waals surface area contributed by atoms with Crippen molar-refractivity contribution in [1.29, 1.82) is 0 Å². The number of methoxy groups -OCH3 is 1. The van der Waals surface area contributed by atoms with Gasteiger partial charge in [0.2, 0.25) is 11.8 Å². The van der Waals surface area contributed by atoms with Crippen molar-refractivity contribution in [3.05, 3.63) is 59.7 Å². The molecule has 1 aliphatic rings. The zero-order valence-corrected chi connectivity index (χ0v) is 17.7. The van der Waals surface area contributed by atoms with E-state index in [1.165, 1.54) is 13.0 Å². The van der Waals surface area contributed by atoms with Crippen LogP contribution < -0.4 is 20.3 Å². The number of piperidine rings is 1. The summed E-state index contributed by atoms with van der Waals surface area (Å²) in [7, 11) is 1.62. The van der Waals surface area contributed by atoms with Gasteiger partial charge in [0.1, 0.15) is 17.4 Å². The molecule has 2 amide bonds. The minimum atomic E-state index is -1.09. The van der Waals surface area contributed by atoms with Crippen molar-refractivity contribution in [2.24, 2.45) is 0 Å². The summed E-state index contributed by atoms with van der Waals surface area (Å²) in [4.78, 5) is 26.4. The van der Waals surface area contributed by atoms with Crippen molar-refractivity contribution >= 4 is 17.5 Å². The fourth-order valence-corrected chi connectivity index (χ4v) is 3.99. The van der Waals surface area contributed by atoms with Gasteiger partial charge < -0.3 is 20.3 Å². The number of carbonyl (C=O) groups is 2. The molecule has 0 aliphatic carbocycles. The Balaban J connectivity index is 1.68. The van der Waals surface area contributed by atoms with Crippen molar-refractivity contribution in [2.45, 2.75) is 38.3 Å². The number of nitrogens with one attached hydrogen (secondary N) is 2. The lowest BCUT2D eigenvalue weighted by Crippen LogP contribution is -2.48. The summed E-state index contributed by atoms with van der Waals surface area (Å²) in [5.74, 6) is -1.69. The fraction of sp³-hybridized carbons (Fsp3) is 0.391. The van der Waals surface area contributed by atoms with Crippen molar-refractivity contribution < 1.29 is 23.1 Å². The molecule has 3 rings (SSSR count). The molecule has 2 atom stereocenters. The van der Waals surface area contributed by atoms with Crippen LogP contribution in [0.25, 0.3) is 0 Å². The van der Waals surface area contributed by atoms with Gasteiger partial charge in [0.05, 0.1) is 25.3 Å². The zero-order chi connectivity index (χ0) is 22.4. The highest BCUT2D eigenvalue weighted by atomic mass is 19.1. The Kier molecular flexibility index (Phi) is 7.44. The van der Waals surface area contributed by atoms with Gasteiger partial charge in [-0.05, 0) is 37.1 Å². The van der Waals surface area contributed by atoms with E-state index in [0.29, 0.717) is 6.54 Å². The third-order valence-corrected chi connectivity index (χ3v) is 5.33. The first-order valence-electron chi connectivity index (χ1n) is 10.3. The number of halogens is 2. The van der Waals surface area contributed by atoms with Crippen LogP contribution in [0.15, 0.2) is 42.5 Å². The van der Waals surface area contributed by atoms with Gasteiger partial charge in [-0.3, -0.25) is 9.59 Å².